The fraction of sp³-hybridized carbons (Fsp3) is 0.111. The number of nitrogens with zero attached hydrogens (tertiary/aromatic N) is 2. The van der Waals surface area contributed by atoms with E-state index < -0.39 is 0 Å². The SMILES string of the molecule is Cc1cc(F)ccc1-c1nnco1. The highest BCUT2D eigenvalue weighted by Gasteiger charge is 2.06. The van der Waals surface area contributed by atoms with E-state index in [1.807, 2.05) is 0 Å². The Balaban J connectivity index is 2.53. The molecule has 0 N–H and O–H groups in total. The van der Waals surface area contributed by atoms with Crippen molar-refractivity contribution in [3.8, 4) is 11.5 Å². The Morgan fingerprint density at radius 2 is 2.23 bits per heavy atom. The number of benzene rings is 1. The molecule has 1 aromatic heterocycles. The molecular formula is C9H7FN2O. The van der Waals surface area contributed by atoms with Crippen LogP contribution < -0.4 is 0 Å². The molecule has 2 aromatic rings. The van der Waals surface area contributed by atoms with Crippen LogP contribution in [0.2, 0.25) is 0 Å². The number of aromatic nitrogens is 2. The largest absolute Gasteiger partial charge is 0.423 e. The van der Waals surface area contributed by atoms with Crippen LogP contribution in [0, 0.1) is 12.7 Å². The lowest BCUT2D eigenvalue weighted by molar-refractivity contribution is 0.567. The molecule has 66 valence electrons. The minimum Gasteiger partial charge on any atom is -0.423 e. The quantitative estimate of drug-likeness (QED) is 0.671. The molecule has 0 radical (unpaired) electrons. The van der Waals surface area contributed by atoms with Crippen LogP contribution in [-0.4, -0.2) is 10.2 Å². The zero-order valence-electron chi connectivity index (χ0n) is 6.99. The molecule has 2 rings (SSSR count). The van der Waals surface area contributed by atoms with Crippen molar-refractivity contribution in [1.29, 1.82) is 0 Å². The second-order valence-electron chi connectivity index (χ2n) is 2.70. The molecule has 0 unspecified atom stereocenters. The van der Waals surface area contributed by atoms with Gasteiger partial charge in [-0.15, -0.1) is 10.2 Å². The molecule has 0 saturated heterocycles. The summed E-state index contributed by atoms with van der Waals surface area (Å²) in [5.41, 5.74) is 1.54. The Morgan fingerprint density at radius 3 is 2.85 bits per heavy atom. The molecule has 0 amide bonds. The predicted molar refractivity (Wildman–Crippen MR) is 44.4 cm³/mol. The molecular weight excluding hydrogens is 171 g/mol. The molecule has 13 heavy (non-hydrogen) atoms. The molecule has 0 spiro atoms. The monoisotopic (exact) mass is 178 g/mol. The van der Waals surface area contributed by atoms with Crippen molar-refractivity contribution in [3.05, 3.63) is 36.0 Å². The van der Waals surface area contributed by atoms with Crippen molar-refractivity contribution in [2.24, 2.45) is 0 Å². The van der Waals surface area contributed by atoms with Gasteiger partial charge in [-0.2, -0.15) is 0 Å². The van der Waals surface area contributed by atoms with Crippen molar-refractivity contribution in [2.75, 3.05) is 0 Å². The fourth-order valence-electron chi connectivity index (χ4n) is 1.16. The zero-order chi connectivity index (χ0) is 9.26. The zero-order valence-corrected chi connectivity index (χ0v) is 6.99. The lowest BCUT2D eigenvalue weighted by atomic mass is 10.1. The van der Waals surface area contributed by atoms with Gasteiger partial charge in [-0.1, -0.05) is 0 Å². The molecule has 0 bridgehead atoms. The number of aryl methyl sites for hydroxylation is 1. The highest BCUT2D eigenvalue weighted by atomic mass is 19.1. The van der Waals surface area contributed by atoms with Crippen molar-refractivity contribution in [1.82, 2.24) is 10.2 Å². The van der Waals surface area contributed by atoms with E-state index in [0.717, 1.165) is 11.1 Å². The molecule has 3 nitrogen and oxygen atoms in total. The van der Waals surface area contributed by atoms with E-state index in [9.17, 15) is 4.39 Å². The van der Waals surface area contributed by atoms with Crippen molar-refractivity contribution in [2.45, 2.75) is 6.92 Å². The Hall–Kier alpha value is -1.71. The van der Waals surface area contributed by atoms with Gasteiger partial charge in [0, 0.05) is 5.56 Å². The summed E-state index contributed by atoms with van der Waals surface area (Å²) in [5.74, 6) is 0.151. The third kappa shape index (κ3) is 1.42. The van der Waals surface area contributed by atoms with Gasteiger partial charge in [0.2, 0.25) is 12.3 Å². The first-order valence-corrected chi connectivity index (χ1v) is 3.80. The third-order valence-electron chi connectivity index (χ3n) is 1.78. The maximum absolute atomic E-state index is 12.7. The Labute approximate surface area is 74.2 Å². The van der Waals surface area contributed by atoms with E-state index in [0.29, 0.717) is 5.89 Å². The predicted octanol–water partition coefficient (Wildman–Crippen LogP) is 2.18. The second kappa shape index (κ2) is 2.97. The van der Waals surface area contributed by atoms with Gasteiger partial charge in [0.05, 0.1) is 0 Å². The molecule has 1 heterocycles. The summed E-state index contributed by atoms with van der Waals surface area (Å²) in [6, 6.07) is 4.42. The van der Waals surface area contributed by atoms with Gasteiger partial charge in [-0.25, -0.2) is 4.39 Å². The molecule has 0 saturated carbocycles. The molecule has 4 heteroatoms. The molecule has 0 aliphatic heterocycles. The van der Waals surface area contributed by atoms with Crippen LogP contribution in [0.4, 0.5) is 4.39 Å². The average molecular weight is 178 g/mol. The number of hydrogen-bond acceptors (Lipinski definition) is 3. The Kier molecular flexibility index (Phi) is 1.81. The number of halogens is 1. The summed E-state index contributed by atoms with van der Waals surface area (Å²) in [7, 11) is 0. The standard InChI is InChI=1S/C9H7FN2O/c1-6-4-7(10)2-3-8(6)9-12-11-5-13-9/h2-5H,1H3. The van der Waals surface area contributed by atoms with Crippen LogP contribution in [0.1, 0.15) is 5.56 Å². The van der Waals surface area contributed by atoms with Gasteiger partial charge in [0.15, 0.2) is 0 Å². The summed E-state index contributed by atoms with van der Waals surface area (Å²) >= 11 is 0. The minimum atomic E-state index is -0.263. The first-order valence-electron chi connectivity index (χ1n) is 3.80. The van der Waals surface area contributed by atoms with Gasteiger partial charge < -0.3 is 4.42 Å². The van der Waals surface area contributed by atoms with Crippen molar-refractivity contribution >= 4 is 0 Å². The van der Waals surface area contributed by atoms with Gasteiger partial charge in [-0.05, 0) is 30.7 Å². The average Bonchev–Trinajstić information content (AvgIpc) is 2.56. The second-order valence-corrected chi connectivity index (χ2v) is 2.70. The molecule has 0 fully saturated rings. The minimum absolute atomic E-state index is 0.263. The fourth-order valence-corrected chi connectivity index (χ4v) is 1.16. The summed E-state index contributed by atoms with van der Waals surface area (Å²) in [4.78, 5) is 0. The van der Waals surface area contributed by atoms with Gasteiger partial charge in [0.1, 0.15) is 5.82 Å². The summed E-state index contributed by atoms with van der Waals surface area (Å²) < 4.78 is 17.7. The van der Waals surface area contributed by atoms with Crippen molar-refractivity contribution < 1.29 is 8.81 Å². The highest BCUT2D eigenvalue weighted by Crippen LogP contribution is 2.21. The first-order chi connectivity index (χ1) is 6.27. The summed E-state index contributed by atoms with van der Waals surface area (Å²) in [6.07, 6.45) is 1.25. The van der Waals surface area contributed by atoms with E-state index in [1.54, 1.807) is 13.0 Å². The number of hydrogen-bond donors (Lipinski definition) is 0. The molecule has 1 aromatic carbocycles. The molecule has 0 aliphatic rings. The van der Waals surface area contributed by atoms with Crippen LogP contribution in [-0.2, 0) is 0 Å². The maximum Gasteiger partial charge on any atom is 0.247 e. The van der Waals surface area contributed by atoms with Crippen molar-refractivity contribution in [3.63, 3.8) is 0 Å². The van der Waals surface area contributed by atoms with Crippen LogP contribution in [0.3, 0.4) is 0 Å². The lowest BCUT2D eigenvalue weighted by Crippen LogP contribution is -1.85. The maximum atomic E-state index is 12.7. The summed E-state index contributed by atoms with van der Waals surface area (Å²) in [5, 5.41) is 7.29. The van der Waals surface area contributed by atoms with E-state index in [4.69, 9.17) is 4.42 Å². The van der Waals surface area contributed by atoms with E-state index >= 15 is 0 Å². The van der Waals surface area contributed by atoms with E-state index in [2.05, 4.69) is 10.2 Å². The number of rotatable bonds is 1. The Morgan fingerprint density at radius 1 is 1.38 bits per heavy atom. The van der Waals surface area contributed by atoms with E-state index in [-0.39, 0.29) is 5.82 Å². The van der Waals surface area contributed by atoms with Gasteiger partial charge in [0.25, 0.3) is 0 Å². The Bertz CT molecular complexity index is 412. The molecule has 0 aliphatic carbocycles. The van der Waals surface area contributed by atoms with Gasteiger partial charge in [-0.3, -0.25) is 0 Å². The van der Waals surface area contributed by atoms with Gasteiger partial charge >= 0.3 is 0 Å². The molecule has 0 atom stereocenters. The highest BCUT2D eigenvalue weighted by molar-refractivity contribution is 5.57. The van der Waals surface area contributed by atoms with Crippen LogP contribution in [0.25, 0.3) is 11.5 Å². The van der Waals surface area contributed by atoms with Crippen LogP contribution >= 0.6 is 0 Å². The third-order valence-corrected chi connectivity index (χ3v) is 1.78. The van der Waals surface area contributed by atoms with Crippen LogP contribution in [0.15, 0.2) is 29.0 Å². The summed E-state index contributed by atoms with van der Waals surface area (Å²) in [6.45, 7) is 1.79. The lowest BCUT2D eigenvalue weighted by Gasteiger charge is -1.99. The van der Waals surface area contributed by atoms with E-state index in [1.165, 1.54) is 18.5 Å². The smallest absolute Gasteiger partial charge is 0.247 e. The normalized spacial score (nSPS) is 10.3. The first kappa shape index (κ1) is 7.91. The van der Waals surface area contributed by atoms with Crippen LogP contribution in [0.5, 0.6) is 0 Å². The topological polar surface area (TPSA) is 38.9 Å².